The number of hydrogen-bond donors (Lipinski definition) is 3. The maximum Gasteiger partial charge on any atom is 0.353 e. The highest BCUT2D eigenvalue weighted by atomic mass is 35.5. The van der Waals surface area contributed by atoms with Gasteiger partial charge in [-0.2, -0.15) is 5.10 Å². The van der Waals surface area contributed by atoms with Crippen LogP contribution >= 0.6 is 11.6 Å². The number of aromatic carboxylic acids is 1. The first-order valence-corrected chi connectivity index (χ1v) is 3.83. The van der Waals surface area contributed by atoms with Crippen LogP contribution in [0.25, 0.3) is 0 Å². The lowest BCUT2D eigenvalue weighted by atomic mass is 10.4. The van der Waals surface area contributed by atoms with Gasteiger partial charge in [0.15, 0.2) is 5.82 Å². The number of hydrogen-bond acceptors (Lipinski definition) is 3. The molecule has 0 radical (unpaired) electrons. The quantitative estimate of drug-likeness (QED) is 0.650. The van der Waals surface area contributed by atoms with Crippen LogP contribution in [0.3, 0.4) is 0 Å². The van der Waals surface area contributed by atoms with Gasteiger partial charge in [-0.1, -0.05) is 18.2 Å². The Bertz CT molecular complexity index is 399. The summed E-state index contributed by atoms with van der Waals surface area (Å²) >= 11 is 5.29. The molecule has 74 valence electrons. The van der Waals surface area contributed by atoms with Crippen LogP contribution in [0.4, 0.5) is 5.82 Å². The minimum atomic E-state index is -1.16. The second-order valence-electron chi connectivity index (χ2n) is 2.33. The summed E-state index contributed by atoms with van der Waals surface area (Å²) in [5.41, 5.74) is -0.125. The van der Waals surface area contributed by atoms with E-state index in [1.165, 1.54) is 6.07 Å². The molecule has 3 N–H and O–H groups in total. The number of aromatic nitrogens is 2. The zero-order chi connectivity index (χ0) is 10.7. The lowest BCUT2D eigenvalue weighted by Crippen LogP contribution is -2.10. The number of halogens is 1. The van der Waals surface area contributed by atoms with E-state index in [1.54, 1.807) is 0 Å². The Morgan fingerprint density at radius 2 is 2.29 bits per heavy atom. The fourth-order valence-corrected chi connectivity index (χ4v) is 0.727. The van der Waals surface area contributed by atoms with Crippen molar-refractivity contribution in [3.8, 4) is 0 Å². The second-order valence-corrected chi connectivity index (χ2v) is 2.79. The number of carbonyl (C=O) groups excluding carboxylic acids is 1. The molecule has 0 spiro atoms. The number of H-pyrrole nitrogens is 1. The van der Waals surface area contributed by atoms with Crippen LogP contribution < -0.4 is 5.32 Å². The van der Waals surface area contributed by atoms with Crippen molar-refractivity contribution < 1.29 is 14.7 Å². The van der Waals surface area contributed by atoms with Crippen LogP contribution in [0.2, 0.25) is 0 Å². The monoisotopic (exact) mass is 215 g/mol. The topological polar surface area (TPSA) is 95.1 Å². The van der Waals surface area contributed by atoms with Gasteiger partial charge in [0.2, 0.25) is 0 Å². The van der Waals surface area contributed by atoms with E-state index in [0.29, 0.717) is 0 Å². The molecule has 1 heterocycles. The second kappa shape index (κ2) is 3.93. The average Bonchev–Trinajstić information content (AvgIpc) is 2.52. The molecule has 0 aliphatic heterocycles. The van der Waals surface area contributed by atoms with Gasteiger partial charge in [-0.15, -0.1) is 0 Å². The van der Waals surface area contributed by atoms with Crippen molar-refractivity contribution in [2.45, 2.75) is 0 Å². The summed E-state index contributed by atoms with van der Waals surface area (Å²) in [6, 6.07) is 1.17. The zero-order valence-corrected chi connectivity index (χ0v) is 7.63. The molecule has 0 fully saturated rings. The molecular weight excluding hydrogens is 210 g/mol. The lowest BCUT2D eigenvalue weighted by Gasteiger charge is -1.96. The normalized spacial score (nSPS) is 9.50. The summed E-state index contributed by atoms with van der Waals surface area (Å²) in [4.78, 5) is 21.4. The van der Waals surface area contributed by atoms with Crippen molar-refractivity contribution in [1.29, 1.82) is 0 Å². The highest BCUT2D eigenvalue weighted by molar-refractivity contribution is 6.43. The van der Waals surface area contributed by atoms with Gasteiger partial charge in [-0.05, 0) is 0 Å². The molecule has 0 bridgehead atoms. The predicted molar refractivity (Wildman–Crippen MR) is 49.2 cm³/mol. The molecule has 1 rings (SSSR count). The number of carbonyl (C=O) groups is 2. The summed E-state index contributed by atoms with van der Waals surface area (Å²) < 4.78 is 0. The third-order valence-electron chi connectivity index (χ3n) is 1.30. The van der Waals surface area contributed by atoms with Crippen LogP contribution in [0.5, 0.6) is 0 Å². The number of nitrogens with one attached hydrogen (secondary N) is 2. The lowest BCUT2D eigenvalue weighted by molar-refractivity contribution is -0.112. The summed E-state index contributed by atoms with van der Waals surface area (Å²) in [6.07, 6.45) is 0. The van der Waals surface area contributed by atoms with Gasteiger partial charge in [0.1, 0.15) is 5.69 Å². The van der Waals surface area contributed by atoms with Crippen molar-refractivity contribution in [1.82, 2.24) is 10.2 Å². The molecule has 0 unspecified atom stereocenters. The van der Waals surface area contributed by atoms with E-state index in [4.69, 9.17) is 16.7 Å². The Balaban J connectivity index is 2.74. The zero-order valence-electron chi connectivity index (χ0n) is 6.87. The number of aromatic amines is 1. The molecule has 7 heteroatoms. The van der Waals surface area contributed by atoms with E-state index < -0.39 is 11.9 Å². The Morgan fingerprint density at radius 3 is 2.71 bits per heavy atom. The number of anilines is 1. The number of carboxylic acids is 1. The smallest absolute Gasteiger partial charge is 0.353 e. The number of rotatable bonds is 3. The van der Waals surface area contributed by atoms with E-state index in [-0.39, 0.29) is 16.5 Å². The van der Waals surface area contributed by atoms with E-state index >= 15 is 0 Å². The van der Waals surface area contributed by atoms with Crippen molar-refractivity contribution in [2.75, 3.05) is 5.32 Å². The molecule has 6 nitrogen and oxygen atoms in total. The van der Waals surface area contributed by atoms with Crippen molar-refractivity contribution in [2.24, 2.45) is 0 Å². The Kier molecular flexibility index (Phi) is 2.88. The number of nitrogens with zero attached hydrogens (tertiary/aromatic N) is 1. The van der Waals surface area contributed by atoms with E-state index in [0.717, 1.165) is 0 Å². The van der Waals surface area contributed by atoms with Crippen LogP contribution in [-0.2, 0) is 4.79 Å². The van der Waals surface area contributed by atoms with E-state index in [1.807, 2.05) is 0 Å². The molecular formula is C7H6ClN3O3. The molecule has 0 aromatic carbocycles. The third kappa shape index (κ3) is 2.33. The summed E-state index contributed by atoms with van der Waals surface area (Å²) in [5.74, 6) is -1.72. The first-order valence-electron chi connectivity index (χ1n) is 3.45. The maximum absolute atomic E-state index is 10.9. The summed E-state index contributed by atoms with van der Waals surface area (Å²) in [5, 5.41) is 16.3. The number of amides is 1. The fourth-order valence-electron chi connectivity index (χ4n) is 0.679. The SMILES string of the molecule is C=C(Cl)C(=O)Nc1cc(C(=O)O)[nH]n1. The van der Waals surface area contributed by atoms with Crippen molar-refractivity contribution >= 4 is 29.3 Å². The molecule has 0 saturated carbocycles. The Labute approximate surface area is 83.6 Å². The minimum Gasteiger partial charge on any atom is -0.477 e. The van der Waals surface area contributed by atoms with Crippen molar-refractivity contribution in [3.63, 3.8) is 0 Å². The molecule has 0 aliphatic carbocycles. The molecule has 0 atom stereocenters. The molecule has 1 aromatic heterocycles. The van der Waals surface area contributed by atoms with Crippen LogP contribution in [0, 0.1) is 0 Å². The number of carboxylic acid groups (broad SMARTS) is 1. The van der Waals surface area contributed by atoms with Gasteiger partial charge in [-0.25, -0.2) is 4.79 Å². The Morgan fingerprint density at radius 1 is 1.64 bits per heavy atom. The molecule has 1 aromatic rings. The maximum atomic E-state index is 10.9. The van der Waals surface area contributed by atoms with Gasteiger partial charge in [-0.3, -0.25) is 9.89 Å². The van der Waals surface area contributed by atoms with E-state index in [2.05, 4.69) is 22.1 Å². The van der Waals surface area contributed by atoms with Gasteiger partial charge < -0.3 is 10.4 Å². The average molecular weight is 216 g/mol. The molecule has 14 heavy (non-hydrogen) atoms. The van der Waals surface area contributed by atoms with Crippen LogP contribution in [0.1, 0.15) is 10.5 Å². The molecule has 0 aliphatic rings. The highest BCUT2D eigenvalue weighted by Gasteiger charge is 2.10. The van der Waals surface area contributed by atoms with E-state index in [9.17, 15) is 9.59 Å². The van der Waals surface area contributed by atoms with Gasteiger partial charge >= 0.3 is 5.97 Å². The standard InChI is InChI=1S/C7H6ClN3O3/c1-3(8)6(12)9-5-2-4(7(13)14)10-11-5/h2H,1H2,(H,13,14)(H2,9,10,11,12). The van der Waals surface area contributed by atoms with Crippen molar-refractivity contribution in [3.05, 3.63) is 23.4 Å². The third-order valence-corrected chi connectivity index (χ3v) is 1.47. The minimum absolute atomic E-state index is 0.0780. The molecule has 1 amide bonds. The summed E-state index contributed by atoms with van der Waals surface area (Å²) in [6.45, 7) is 3.19. The largest absolute Gasteiger partial charge is 0.477 e. The fraction of sp³-hybridized carbons (Fsp3) is 0. The summed E-state index contributed by atoms with van der Waals surface area (Å²) in [7, 11) is 0. The van der Waals surface area contributed by atoms with Gasteiger partial charge in [0.05, 0.1) is 5.03 Å². The predicted octanol–water partition coefficient (Wildman–Crippen LogP) is 0.799. The van der Waals surface area contributed by atoms with Gasteiger partial charge in [0.25, 0.3) is 5.91 Å². The molecule has 0 saturated heterocycles. The van der Waals surface area contributed by atoms with Gasteiger partial charge in [0, 0.05) is 6.07 Å². The van der Waals surface area contributed by atoms with Crippen LogP contribution in [0.15, 0.2) is 17.7 Å². The highest BCUT2D eigenvalue weighted by Crippen LogP contribution is 2.07. The first-order chi connectivity index (χ1) is 6.50. The van der Waals surface area contributed by atoms with Crippen LogP contribution in [-0.4, -0.2) is 27.2 Å². The Hall–Kier alpha value is -1.82. The first kappa shape index (κ1) is 10.3.